The lowest BCUT2D eigenvalue weighted by Crippen LogP contribution is -2.36. The molecule has 1 aromatic heterocycles. The Bertz CT molecular complexity index is 647. The number of halogens is 2. The first-order valence-corrected chi connectivity index (χ1v) is 7.36. The zero-order valence-electron chi connectivity index (χ0n) is 11.5. The molecule has 0 bridgehead atoms. The summed E-state index contributed by atoms with van der Waals surface area (Å²) in [7, 11) is 1.81. The molecule has 0 fully saturated rings. The zero-order chi connectivity index (χ0) is 15.4. The van der Waals surface area contributed by atoms with Crippen LogP contribution in [0.25, 0.3) is 0 Å². The van der Waals surface area contributed by atoms with Gasteiger partial charge in [0, 0.05) is 12.1 Å². The van der Waals surface area contributed by atoms with Crippen molar-refractivity contribution in [3.8, 4) is 5.75 Å². The number of carbonyl (C=O) groups excluding carboxylic acids is 1. The van der Waals surface area contributed by atoms with Gasteiger partial charge in [0.05, 0.1) is 11.0 Å². The molecule has 8 heteroatoms. The first kappa shape index (κ1) is 15.8. The highest BCUT2D eigenvalue weighted by atomic mass is 79.9. The van der Waals surface area contributed by atoms with Crippen molar-refractivity contribution in [1.29, 1.82) is 0 Å². The van der Waals surface area contributed by atoms with Crippen LogP contribution >= 0.6 is 27.5 Å². The summed E-state index contributed by atoms with van der Waals surface area (Å²) in [5, 5.41) is 11.0. The summed E-state index contributed by atoms with van der Waals surface area (Å²) in [4.78, 5) is 12.0. The maximum absolute atomic E-state index is 12.0. The lowest BCUT2D eigenvalue weighted by atomic mass is 10.3. The van der Waals surface area contributed by atoms with E-state index in [1.54, 1.807) is 36.0 Å². The molecule has 1 aromatic carbocycles. The quantitative estimate of drug-likeness (QED) is 0.873. The summed E-state index contributed by atoms with van der Waals surface area (Å²) in [6.45, 7) is 1.97. The molecule has 2 rings (SSSR count). The third-order valence-electron chi connectivity index (χ3n) is 2.79. The van der Waals surface area contributed by atoms with Gasteiger partial charge in [-0.2, -0.15) is 0 Å². The van der Waals surface area contributed by atoms with Crippen molar-refractivity contribution in [3.05, 3.63) is 39.8 Å². The number of carbonyl (C=O) groups is 1. The van der Waals surface area contributed by atoms with Crippen LogP contribution in [-0.2, 0) is 18.4 Å². The summed E-state index contributed by atoms with van der Waals surface area (Å²) in [6.07, 6.45) is 0.933. The van der Waals surface area contributed by atoms with Gasteiger partial charge in [-0.3, -0.25) is 4.79 Å². The van der Waals surface area contributed by atoms with E-state index in [9.17, 15) is 4.79 Å². The van der Waals surface area contributed by atoms with Crippen molar-refractivity contribution in [2.24, 2.45) is 7.05 Å². The smallest absolute Gasteiger partial charge is 0.261 e. The molecule has 112 valence electrons. The summed E-state index contributed by atoms with van der Waals surface area (Å²) in [6, 6.07) is 5.12. The Balaban J connectivity index is 1.92. The Morgan fingerprint density at radius 1 is 1.57 bits per heavy atom. The average Bonchev–Trinajstić information content (AvgIpc) is 2.84. The molecule has 0 saturated heterocycles. The third-order valence-corrected chi connectivity index (χ3v) is 3.65. The van der Waals surface area contributed by atoms with E-state index < -0.39 is 6.10 Å². The highest BCUT2D eigenvalue weighted by Gasteiger charge is 2.16. The van der Waals surface area contributed by atoms with E-state index in [0.717, 1.165) is 0 Å². The molecule has 1 N–H and O–H groups in total. The molecule has 21 heavy (non-hydrogen) atoms. The van der Waals surface area contributed by atoms with Gasteiger partial charge in [-0.15, -0.1) is 10.2 Å². The van der Waals surface area contributed by atoms with Gasteiger partial charge in [0.1, 0.15) is 12.1 Å². The van der Waals surface area contributed by atoms with Crippen molar-refractivity contribution in [2.75, 3.05) is 0 Å². The van der Waals surface area contributed by atoms with Gasteiger partial charge in [-0.25, -0.2) is 0 Å². The van der Waals surface area contributed by atoms with E-state index in [-0.39, 0.29) is 5.91 Å². The number of hydrogen-bond acceptors (Lipinski definition) is 4. The summed E-state index contributed by atoms with van der Waals surface area (Å²) < 4.78 is 8.04. The van der Waals surface area contributed by atoms with Gasteiger partial charge in [0.15, 0.2) is 11.9 Å². The fourth-order valence-corrected chi connectivity index (χ4v) is 2.37. The summed E-state index contributed by atoms with van der Waals surface area (Å²) >= 11 is 9.20. The predicted octanol–water partition coefficient (Wildman–Crippen LogP) is 2.31. The van der Waals surface area contributed by atoms with Gasteiger partial charge in [0.25, 0.3) is 5.91 Å². The van der Waals surface area contributed by atoms with E-state index in [1.807, 2.05) is 7.05 Å². The number of aryl methyl sites for hydroxylation is 1. The van der Waals surface area contributed by atoms with E-state index in [1.165, 1.54) is 0 Å². The monoisotopic (exact) mass is 372 g/mol. The highest BCUT2D eigenvalue weighted by Crippen LogP contribution is 2.28. The summed E-state index contributed by atoms with van der Waals surface area (Å²) in [5.74, 6) is 0.990. The fraction of sp³-hybridized carbons (Fsp3) is 0.308. The molecule has 0 aliphatic heterocycles. The third kappa shape index (κ3) is 4.18. The van der Waals surface area contributed by atoms with Crippen molar-refractivity contribution in [3.63, 3.8) is 0 Å². The van der Waals surface area contributed by atoms with Gasteiger partial charge in [0.2, 0.25) is 0 Å². The maximum Gasteiger partial charge on any atom is 0.261 e. The van der Waals surface area contributed by atoms with Crippen LogP contribution in [0.15, 0.2) is 29.0 Å². The minimum atomic E-state index is -0.643. The number of ether oxygens (including phenoxy) is 1. The Kier molecular flexibility index (Phi) is 5.19. The van der Waals surface area contributed by atoms with E-state index in [4.69, 9.17) is 16.3 Å². The lowest BCUT2D eigenvalue weighted by molar-refractivity contribution is -0.127. The van der Waals surface area contributed by atoms with Crippen LogP contribution in [0.5, 0.6) is 5.75 Å². The molecule has 1 atom stereocenters. The van der Waals surface area contributed by atoms with Crippen LogP contribution in [0.1, 0.15) is 12.7 Å². The molecule has 1 heterocycles. The largest absolute Gasteiger partial charge is 0.480 e. The molecular weight excluding hydrogens is 360 g/mol. The second kappa shape index (κ2) is 6.91. The number of aromatic nitrogens is 3. The molecule has 1 amide bonds. The van der Waals surface area contributed by atoms with Crippen molar-refractivity contribution < 1.29 is 9.53 Å². The Morgan fingerprint density at radius 3 is 2.95 bits per heavy atom. The van der Waals surface area contributed by atoms with Crippen LogP contribution in [0, 0.1) is 0 Å². The lowest BCUT2D eigenvalue weighted by Gasteiger charge is -2.15. The van der Waals surface area contributed by atoms with Crippen molar-refractivity contribution >= 4 is 33.4 Å². The zero-order valence-corrected chi connectivity index (χ0v) is 13.8. The number of hydrogen-bond donors (Lipinski definition) is 1. The number of nitrogens with one attached hydrogen (secondary N) is 1. The highest BCUT2D eigenvalue weighted by molar-refractivity contribution is 9.10. The SMILES string of the molecule is C[C@@H](Oc1ccc(Cl)cc1Br)C(=O)NCc1nncn1C. The van der Waals surface area contributed by atoms with Gasteiger partial charge < -0.3 is 14.6 Å². The van der Waals surface area contributed by atoms with Crippen molar-refractivity contribution in [2.45, 2.75) is 19.6 Å². The molecule has 0 radical (unpaired) electrons. The van der Waals surface area contributed by atoms with E-state index in [0.29, 0.717) is 27.6 Å². The van der Waals surface area contributed by atoms with Crippen LogP contribution < -0.4 is 10.1 Å². The Morgan fingerprint density at radius 2 is 2.33 bits per heavy atom. The molecule has 0 aliphatic rings. The number of nitrogens with zero attached hydrogens (tertiary/aromatic N) is 3. The Hall–Kier alpha value is -1.60. The number of benzene rings is 1. The molecular formula is C13H14BrClN4O2. The van der Waals surface area contributed by atoms with E-state index >= 15 is 0 Å². The first-order chi connectivity index (χ1) is 9.97. The van der Waals surface area contributed by atoms with Gasteiger partial charge in [-0.05, 0) is 41.1 Å². The molecule has 2 aromatic rings. The molecule has 0 aliphatic carbocycles. The predicted molar refractivity (Wildman–Crippen MR) is 82.1 cm³/mol. The van der Waals surface area contributed by atoms with Gasteiger partial charge >= 0.3 is 0 Å². The minimum Gasteiger partial charge on any atom is -0.480 e. The second-order valence-corrected chi connectivity index (χ2v) is 5.70. The van der Waals surface area contributed by atoms with E-state index in [2.05, 4.69) is 31.4 Å². The van der Waals surface area contributed by atoms with Crippen LogP contribution in [0.3, 0.4) is 0 Å². The normalized spacial score (nSPS) is 12.0. The molecule has 0 unspecified atom stereocenters. The maximum atomic E-state index is 12.0. The van der Waals surface area contributed by atoms with Crippen LogP contribution in [0.4, 0.5) is 0 Å². The van der Waals surface area contributed by atoms with Gasteiger partial charge in [-0.1, -0.05) is 11.6 Å². The number of rotatable bonds is 5. The second-order valence-electron chi connectivity index (χ2n) is 4.41. The molecule has 0 saturated carbocycles. The number of amides is 1. The molecule has 0 spiro atoms. The fourth-order valence-electron chi connectivity index (χ4n) is 1.59. The first-order valence-electron chi connectivity index (χ1n) is 6.19. The van der Waals surface area contributed by atoms with Crippen LogP contribution in [0.2, 0.25) is 5.02 Å². The summed E-state index contributed by atoms with van der Waals surface area (Å²) in [5.41, 5.74) is 0. The Labute approximate surface area is 135 Å². The standard InChI is InChI=1S/C13H14BrClN4O2/c1-8(21-11-4-3-9(15)5-10(11)14)13(20)16-6-12-18-17-7-19(12)2/h3-5,7-8H,6H2,1-2H3,(H,16,20)/t8-/m1/s1. The topological polar surface area (TPSA) is 69.0 Å². The molecule has 6 nitrogen and oxygen atoms in total. The average molecular weight is 374 g/mol. The van der Waals surface area contributed by atoms with Crippen LogP contribution in [-0.4, -0.2) is 26.8 Å². The van der Waals surface area contributed by atoms with Crippen molar-refractivity contribution in [1.82, 2.24) is 20.1 Å². The minimum absolute atomic E-state index is 0.236.